The van der Waals surface area contributed by atoms with Gasteiger partial charge in [-0.05, 0) is 35.9 Å². The van der Waals surface area contributed by atoms with Crippen LogP contribution in [0.3, 0.4) is 0 Å². The molecule has 4 aromatic rings. The second kappa shape index (κ2) is 7.48. The summed E-state index contributed by atoms with van der Waals surface area (Å²) in [5.74, 6) is -0.355. The van der Waals surface area contributed by atoms with E-state index in [1.54, 1.807) is 12.1 Å². The van der Waals surface area contributed by atoms with E-state index in [-0.39, 0.29) is 11.9 Å². The SMILES string of the molecule is O=C(Cn1cnc2ccc(F)cc2c1=O)N[C@@H](c1ccccc1)c1ccco1. The molecule has 0 saturated heterocycles. The minimum atomic E-state index is -0.532. The van der Waals surface area contributed by atoms with Crippen LogP contribution in [-0.4, -0.2) is 15.5 Å². The minimum Gasteiger partial charge on any atom is -0.467 e. The van der Waals surface area contributed by atoms with Gasteiger partial charge in [0, 0.05) is 0 Å². The Hall–Kier alpha value is -3.74. The maximum atomic E-state index is 13.5. The third-order valence-corrected chi connectivity index (χ3v) is 4.37. The van der Waals surface area contributed by atoms with Crippen LogP contribution in [0.2, 0.25) is 0 Å². The number of hydrogen-bond acceptors (Lipinski definition) is 4. The monoisotopic (exact) mass is 377 g/mol. The van der Waals surface area contributed by atoms with Crippen molar-refractivity contribution in [3.8, 4) is 0 Å². The van der Waals surface area contributed by atoms with Gasteiger partial charge < -0.3 is 9.73 Å². The number of benzene rings is 2. The number of hydrogen-bond donors (Lipinski definition) is 1. The van der Waals surface area contributed by atoms with Gasteiger partial charge in [-0.3, -0.25) is 14.2 Å². The molecule has 2 aromatic heterocycles. The molecule has 0 bridgehead atoms. The highest BCUT2D eigenvalue weighted by Gasteiger charge is 2.20. The van der Waals surface area contributed by atoms with E-state index in [9.17, 15) is 14.0 Å². The molecule has 0 unspecified atom stereocenters. The average Bonchev–Trinajstić information content (AvgIpc) is 3.24. The molecule has 28 heavy (non-hydrogen) atoms. The van der Waals surface area contributed by atoms with E-state index in [2.05, 4.69) is 10.3 Å². The summed E-state index contributed by atoms with van der Waals surface area (Å²) in [6, 6.07) is 16.2. The maximum Gasteiger partial charge on any atom is 0.261 e. The topological polar surface area (TPSA) is 77.1 Å². The van der Waals surface area contributed by atoms with Gasteiger partial charge in [-0.2, -0.15) is 0 Å². The van der Waals surface area contributed by atoms with Crippen molar-refractivity contribution in [1.82, 2.24) is 14.9 Å². The van der Waals surface area contributed by atoms with Crippen LogP contribution in [-0.2, 0) is 11.3 Å². The van der Waals surface area contributed by atoms with Crippen molar-refractivity contribution in [3.05, 3.63) is 101 Å². The molecular formula is C21H16FN3O3. The number of amides is 1. The molecule has 1 atom stereocenters. The van der Waals surface area contributed by atoms with E-state index in [1.165, 1.54) is 24.7 Å². The van der Waals surface area contributed by atoms with Gasteiger partial charge in [-0.15, -0.1) is 0 Å². The fourth-order valence-corrected chi connectivity index (χ4v) is 3.02. The fourth-order valence-electron chi connectivity index (χ4n) is 3.02. The zero-order chi connectivity index (χ0) is 19.5. The van der Waals surface area contributed by atoms with Gasteiger partial charge in [0.25, 0.3) is 5.56 Å². The summed E-state index contributed by atoms with van der Waals surface area (Å²) >= 11 is 0. The molecule has 2 heterocycles. The molecular weight excluding hydrogens is 361 g/mol. The number of carbonyl (C=O) groups is 1. The highest BCUT2D eigenvalue weighted by Crippen LogP contribution is 2.22. The van der Waals surface area contributed by atoms with Crippen LogP contribution in [0.1, 0.15) is 17.4 Å². The number of fused-ring (bicyclic) bond motifs is 1. The number of furan rings is 1. The van der Waals surface area contributed by atoms with Crippen molar-refractivity contribution in [2.75, 3.05) is 0 Å². The van der Waals surface area contributed by atoms with Gasteiger partial charge in [0.15, 0.2) is 0 Å². The first-order valence-corrected chi connectivity index (χ1v) is 8.64. The second-order valence-corrected chi connectivity index (χ2v) is 6.27. The van der Waals surface area contributed by atoms with Crippen LogP contribution < -0.4 is 10.9 Å². The van der Waals surface area contributed by atoms with Gasteiger partial charge in [0.05, 0.1) is 23.5 Å². The summed E-state index contributed by atoms with van der Waals surface area (Å²) in [4.78, 5) is 29.3. The summed E-state index contributed by atoms with van der Waals surface area (Å²) in [5, 5.41) is 3.00. The Labute approximate surface area is 159 Å². The molecule has 6 nitrogen and oxygen atoms in total. The van der Waals surface area contributed by atoms with Gasteiger partial charge >= 0.3 is 0 Å². The fraction of sp³-hybridized carbons (Fsp3) is 0.0952. The number of nitrogens with zero attached hydrogens (tertiary/aromatic N) is 2. The lowest BCUT2D eigenvalue weighted by Gasteiger charge is -2.17. The number of nitrogens with one attached hydrogen (secondary N) is 1. The van der Waals surface area contributed by atoms with Crippen LogP contribution >= 0.6 is 0 Å². The summed E-state index contributed by atoms with van der Waals surface area (Å²) in [7, 11) is 0. The van der Waals surface area contributed by atoms with E-state index in [0.29, 0.717) is 11.3 Å². The van der Waals surface area contributed by atoms with Gasteiger partial charge in [-0.25, -0.2) is 9.37 Å². The molecule has 0 aliphatic carbocycles. The Balaban J connectivity index is 1.60. The number of aromatic nitrogens is 2. The first-order chi connectivity index (χ1) is 13.6. The Morgan fingerprint density at radius 2 is 1.96 bits per heavy atom. The molecule has 2 aromatic carbocycles. The molecule has 1 N–H and O–H groups in total. The molecule has 7 heteroatoms. The van der Waals surface area contributed by atoms with Crippen molar-refractivity contribution in [2.45, 2.75) is 12.6 Å². The molecule has 1 amide bonds. The van der Waals surface area contributed by atoms with Crippen molar-refractivity contribution >= 4 is 16.8 Å². The maximum absolute atomic E-state index is 13.5. The standard InChI is InChI=1S/C21H16FN3O3/c22-15-8-9-17-16(11-15)21(27)25(13-23-17)12-19(26)24-20(18-7-4-10-28-18)14-5-2-1-3-6-14/h1-11,13,20H,12H2,(H,24,26)/t20-/m0/s1. The predicted octanol–water partition coefficient (Wildman–Crippen LogP) is 3.03. The normalized spacial score (nSPS) is 12.0. The van der Waals surface area contributed by atoms with E-state index in [4.69, 9.17) is 4.42 Å². The third kappa shape index (κ3) is 3.55. The molecule has 0 aliphatic rings. The molecule has 140 valence electrons. The van der Waals surface area contributed by atoms with E-state index in [1.807, 2.05) is 30.3 Å². The molecule has 4 rings (SSSR count). The molecule has 0 fully saturated rings. The summed E-state index contributed by atoms with van der Waals surface area (Å²) in [6.07, 6.45) is 2.82. The van der Waals surface area contributed by atoms with Crippen LogP contribution in [0.4, 0.5) is 4.39 Å². The molecule has 0 radical (unpaired) electrons. The van der Waals surface area contributed by atoms with Crippen molar-refractivity contribution < 1.29 is 13.6 Å². The van der Waals surface area contributed by atoms with Crippen molar-refractivity contribution in [3.63, 3.8) is 0 Å². The summed E-state index contributed by atoms with van der Waals surface area (Å²) in [6.45, 7) is -0.248. The Morgan fingerprint density at radius 1 is 1.14 bits per heavy atom. The van der Waals surface area contributed by atoms with Gasteiger partial charge in [0.1, 0.15) is 24.2 Å². The zero-order valence-electron chi connectivity index (χ0n) is 14.7. The van der Waals surface area contributed by atoms with Crippen LogP contribution in [0.25, 0.3) is 10.9 Å². The first-order valence-electron chi connectivity index (χ1n) is 8.64. The lowest BCUT2D eigenvalue weighted by atomic mass is 10.0. The van der Waals surface area contributed by atoms with Gasteiger partial charge in [0.2, 0.25) is 5.91 Å². The zero-order valence-corrected chi connectivity index (χ0v) is 14.7. The lowest BCUT2D eigenvalue weighted by Crippen LogP contribution is -2.35. The molecule has 0 aliphatic heterocycles. The largest absolute Gasteiger partial charge is 0.467 e. The van der Waals surface area contributed by atoms with Crippen LogP contribution in [0.15, 0.2) is 82.5 Å². The third-order valence-electron chi connectivity index (χ3n) is 4.37. The predicted molar refractivity (Wildman–Crippen MR) is 101 cm³/mol. The van der Waals surface area contributed by atoms with Crippen molar-refractivity contribution in [2.24, 2.45) is 0 Å². The number of rotatable bonds is 5. The minimum absolute atomic E-state index is 0.126. The number of carbonyl (C=O) groups excluding carboxylic acids is 1. The molecule has 0 spiro atoms. The van der Waals surface area contributed by atoms with Crippen LogP contribution in [0, 0.1) is 5.82 Å². The van der Waals surface area contributed by atoms with E-state index < -0.39 is 23.3 Å². The lowest BCUT2D eigenvalue weighted by molar-refractivity contribution is -0.122. The summed E-state index contributed by atoms with van der Waals surface area (Å²) in [5.41, 5.74) is 0.742. The van der Waals surface area contributed by atoms with Crippen molar-refractivity contribution in [1.29, 1.82) is 0 Å². The quantitative estimate of drug-likeness (QED) is 0.580. The van der Waals surface area contributed by atoms with Crippen LogP contribution in [0.5, 0.6) is 0 Å². The highest BCUT2D eigenvalue weighted by molar-refractivity contribution is 5.79. The molecule has 0 saturated carbocycles. The van der Waals surface area contributed by atoms with E-state index in [0.717, 1.165) is 16.2 Å². The first kappa shape index (κ1) is 17.7. The second-order valence-electron chi connectivity index (χ2n) is 6.27. The highest BCUT2D eigenvalue weighted by atomic mass is 19.1. The average molecular weight is 377 g/mol. The Kier molecular flexibility index (Phi) is 4.72. The smallest absolute Gasteiger partial charge is 0.261 e. The number of halogens is 1. The van der Waals surface area contributed by atoms with Gasteiger partial charge in [-0.1, -0.05) is 30.3 Å². The Morgan fingerprint density at radius 3 is 2.71 bits per heavy atom. The van der Waals surface area contributed by atoms with E-state index >= 15 is 0 Å². The summed E-state index contributed by atoms with van der Waals surface area (Å²) < 4.78 is 20.1. The Bertz CT molecular complexity index is 1170.